The lowest BCUT2D eigenvalue weighted by Gasteiger charge is -2.16. The van der Waals surface area contributed by atoms with Crippen molar-refractivity contribution in [2.45, 2.75) is 18.8 Å². The fraction of sp³-hybridized carbons (Fsp3) is 0.286. The van der Waals surface area contributed by atoms with Crippen LogP contribution in [0, 0.1) is 0 Å². The lowest BCUT2D eigenvalue weighted by Crippen LogP contribution is -2.30. The predicted molar refractivity (Wildman–Crippen MR) is 68.6 cm³/mol. The van der Waals surface area contributed by atoms with Gasteiger partial charge in [0, 0.05) is 18.7 Å². The molecular weight excluding hydrogens is 230 g/mol. The predicted octanol–water partition coefficient (Wildman–Crippen LogP) is 2.17. The van der Waals surface area contributed by atoms with E-state index in [9.17, 15) is 14.7 Å². The van der Waals surface area contributed by atoms with Crippen LogP contribution in [0.5, 0.6) is 0 Å². The highest BCUT2D eigenvalue weighted by atomic mass is 16.4. The molecular formula is C14H15NO3. The number of anilines is 1. The monoisotopic (exact) mass is 245 g/mol. The van der Waals surface area contributed by atoms with E-state index in [4.69, 9.17) is 0 Å². The second-order valence-electron chi connectivity index (χ2n) is 4.28. The topological polar surface area (TPSA) is 57.6 Å². The molecule has 1 N–H and O–H groups in total. The number of aliphatic carboxylic acids is 1. The maximum Gasteiger partial charge on any atom is 0.312 e. The molecule has 0 aromatic heterocycles. The number of hydrogen-bond acceptors (Lipinski definition) is 2. The first-order valence-corrected chi connectivity index (χ1v) is 5.88. The van der Waals surface area contributed by atoms with Crippen LogP contribution in [-0.4, -0.2) is 23.5 Å². The number of amides is 1. The van der Waals surface area contributed by atoms with Crippen molar-refractivity contribution in [1.29, 1.82) is 0 Å². The summed E-state index contributed by atoms with van der Waals surface area (Å²) in [7, 11) is 0. The van der Waals surface area contributed by atoms with Crippen LogP contribution in [-0.2, 0) is 9.59 Å². The third kappa shape index (κ3) is 2.14. The number of para-hydroxylation sites is 1. The summed E-state index contributed by atoms with van der Waals surface area (Å²) in [6, 6.07) is 7.18. The summed E-state index contributed by atoms with van der Waals surface area (Å²) in [5, 5.41) is 9.18. The van der Waals surface area contributed by atoms with Crippen LogP contribution < -0.4 is 4.90 Å². The minimum Gasteiger partial charge on any atom is -0.481 e. The Balaban J connectivity index is 2.28. The molecule has 1 unspecified atom stereocenters. The number of benzene rings is 1. The van der Waals surface area contributed by atoms with Crippen molar-refractivity contribution < 1.29 is 14.7 Å². The molecule has 0 fully saturated rings. The first kappa shape index (κ1) is 12.4. The molecule has 0 bridgehead atoms. The van der Waals surface area contributed by atoms with E-state index in [1.165, 1.54) is 0 Å². The Labute approximate surface area is 106 Å². The van der Waals surface area contributed by atoms with Crippen molar-refractivity contribution >= 4 is 17.6 Å². The van der Waals surface area contributed by atoms with Crippen molar-refractivity contribution in [2.24, 2.45) is 0 Å². The molecule has 1 aromatic carbocycles. The van der Waals surface area contributed by atoms with E-state index in [1.54, 1.807) is 29.2 Å². The standard InChI is InChI=1S/C14H15NO3/c1-2-3-8-13(16)15-9-11(14(17)18)10-6-4-5-7-12(10)15/h2,4-7,11H,1,3,8-9H2,(H,17,18). The highest BCUT2D eigenvalue weighted by molar-refractivity contribution is 5.98. The zero-order chi connectivity index (χ0) is 13.1. The Morgan fingerprint density at radius 3 is 2.83 bits per heavy atom. The number of carboxylic acids is 1. The van der Waals surface area contributed by atoms with E-state index < -0.39 is 11.9 Å². The van der Waals surface area contributed by atoms with Crippen molar-refractivity contribution in [2.75, 3.05) is 11.4 Å². The van der Waals surface area contributed by atoms with Gasteiger partial charge in [0.15, 0.2) is 0 Å². The molecule has 2 rings (SSSR count). The average molecular weight is 245 g/mol. The molecule has 1 amide bonds. The Hall–Kier alpha value is -2.10. The van der Waals surface area contributed by atoms with Crippen molar-refractivity contribution in [3.63, 3.8) is 0 Å². The number of rotatable bonds is 4. The number of nitrogens with zero attached hydrogens (tertiary/aromatic N) is 1. The number of allylic oxidation sites excluding steroid dienone is 1. The first-order valence-electron chi connectivity index (χ1n) is 5.88. The summed E-state index contributed by atoms with van der Waals surface area (Å²) in [6.07, 6.45) is 2.66. The van der Waals surface area contributed by atoms with Crippen LogP contribution in [0.25, 0.3) is 0 Å². The number of carboxylic acid groups (broad SMARTS) is 1. The Morgan fingerprint density at radius 1 is 1.44 bits per heavy atom. The van der Waals surface area contributed by atoms with Crippen LogP contribution >= 0.6 is 0 Å². The van der Waals surface area contributed by atoms with Crippen molar-refractivity contribution in [3.8, 4) is 0 Å². The zero-order valence-corrected chi connectivity index (χ0v) is 10.0. The van der Waals surface area contributed by atoms with E-state index in [-0.39, 0.29) is 12.5 Å². The largest absolute Gasteiger partial charge is 0.481 e. The molecule has 0 aliphatic carbocycles. The number of carbonyl (C=O) groups excluding carboxylic acids is 1. The molecule has 0 spiro atoms. The van der Waals surface area contributed by atoms with Crippen LogP contribution in [0.2, 0.25) is 0 Å². The molecule has 1 aromatic rings. The van der Waals surface area contributed by atoms with E-state index in [1.807, 2.05) is 6.07 Å². The lowest BCUT2D eigenvalue weighted by molar-refractivity contribution is -0.138. The molecule has 1 heterocycles. The molecule has 1 aliphatic heterocycles. The van der Waals surface area contributed by atoms with Gasteiger partial charge >= 0.3 is 5.97 Å². The van der Waals surface area contributed by atoms with Gasteiger partial charge in [-0.15, -0.1) is 6.58 Å². The third-order valence-corrected chi connectivity index (χ3v) is 3.13. The molecule has 0 saturated carbocycles. The number of hydrogen-bond donors (Lipinski definition) is 1. The highest BCUT2D eigenvalue weighted by Crippen LogP contribution is 2.36. The number of fused-ring (bicyclic) bond motifs is 1. The van der Waals surface area contributed by atoms with Gasteiger partial charge in [-0.3, -0.25) is 9.59 Å². The van der Waals surface area contributed by atoms with Gasteiger partial charge in [0.2, 0.25) is 5.91 Å². The molecule has 4 nitrogen and oxygen atoms in total. The van der Waals surface area contributed by atoms with Gasteiger partial charge in [-0.2, -0.15) is 0 Å². The first-order chi connectivity index (χ1) is 8.65. The fourth-order valence-corrected chi connectivity index (χ4v) is 2.22. The number of carbonyl (C=O) groups is 2. The van der Waals surface area contributed by atoms with Gasteiger partial charge in [-0.25, -0.2) is 0 Å². The molecule has 0 saturated heterocycles. The SMILES string of the molecule is C=CCCC(=O)N1CC(C(=O)O)c2ccccc21. The second-order valence-corrected chi connectivity index (χ2v) is 4.28. The van der Waals surface area contributed by atoms with Crippen LogP contribution in [0.3, 0.4) is 0 Å². The van der Waals surface area contributed by atoms with Gasteiger partial charge < -0.3 is 10.0 Å². The lowest BCUT2D eigenvalue weighted by atomic mass is 10.0. The summed E-state index contributed by atoms with van der Waals surface area (Å²) in [4.78, 5) is 24.8. The zero-order valence-electron chi connectivity index (χ0n) is 10.0. The van der Waals surface area contributed by atoms with Gasteiger partial charge in [0.25, 0.3) is 0 Å². The van der Waals surface area contributed by atoms with E-state index in [2.05, 4.69) is 6.58 Å². The summed E-state index contributed by atoms with van der Waals surface area (Å²) in [5.74, 6) is -1.55. The maximum atomic E-state index is 12.0. The Kier molecular flexibility index (Phi) is 3.46. The molecule has 18 heavy (non-hydrogen) atoms. The Morgan fingerprint density at radius 2 is 2.17 bits per heavy atom. The summed E-state index contributed by atoms with van der Waals surface area (Å²) in [5.41, 5.74) is 1.44. The van der Waals surface area contributed by atoms with Crippen molar-refractivity contribution in [1.82, 2.24) is 0 Å². The summed E-state index contributed by atoms with van der Waals surface area (Å²) >= 11 is 0. The molecule has 1 atom stereocenters. The van der Waals surface area contributed by atoms with Gasteiger partial charge in [0.1, 0.15) is 5.92 Å². The van der Waals surface area contributed by atoms with Crippen LogP contribution in [0.4, 0.5) is 5.69 Å². The minimum atomic E-state index is -0.888. The molecule has 4 heteroatoms. The molecule has 1 aliphatic rings. The quantitative estimate of drug-likeness (QED) is 0.827. The van der Waals surface area contributed by atoms with Gasteiger partial charge in [0.05, 0.1) is 0 Å². The second kappa shape index (κ2) is 5.04. The highest BCUT2D eigenvalue weighted by Gasteiger charge is 2.35. The normalized spacial score (nSPS) is 17.3. The Bertz CT molecular complexity index is 496. The van der Waals surface area contributed by atoms with Crippen LogP contribution in [0.15, 0.2) is 36.9 Å². The van der Waals surface area contributed by atoms with E-state index in [0.29, 0.717) is 12.8 Å². The van der Waals surface area contributed by atoms with Gasteiger partial charge in [-0.1, -0.05) is 24.3 Å². The van der Waals surface area contributed by atoms with Crippen LogP contribution in [0.1, 0.15) is 24.3 Å². The minimum absolute atomic E-state index is 0.0499. The third-order valence-electron chi connectivity index (χ3n) is 3.13. The van der Waals surface area contributed by atoms with Crippen molar-refractivity contribution in [3.05, 3.63) is 42.5 Å². The fourth-order valence-electron chi connectivity index (χ4n) is 2.22. The molecule has 0 radical (unpaired) electrons. The maximum absolute atomic E-state index is 12.0. The smallest absolute Gasteiger partial charge is 0.312 e. The average Bonchev–Trinajstić information content (AvgIpc) is 2.75. The summed E-state index contributed by atoms with van der Waals surface area (Å²) < 4.78 is 0. The summed E-state index contributed by atoms with van der Waals surface area (Å²) in [6.45, 7) is 3.81. The van der Waals surface area contributed by atoms with E-state index >= 15 is 0 Å². The van der Waals surface area contributed by atoms with Gasteiger partial charge in [-0.05, 0) is 18.1 Å². The molecule has 94 valence electrons. The van der Waals surface area contributed by atoms with E-state index in [0.717, 1.165) is 11.3 Å².